The highest BCUT2D eigenvalue weighted by Crippen LogP contribution is 2.60. The highest BCUT2D eigenvalue weighted by molar-refractivity contribution is 5.90. The molecule has 0 saturated heterocycles. The summed E-state index contributed by atoms with van der Waals surface area (Å²) >= 11 is 0. The summed E-state index contributed by atoms with van der Waals surface area (Å²) in [4.78, 5) is 18.2. The number of rotatable bonds is 3. The van der Waals surface area contributed by atoms with E-state index >= 15 is 0 Å². The van der Waals surface area contributed by atoms with Crippen molar-refractivity contribution in [2.24, 2.45) is 23.2 Å². The number of carbonyl (C=O) groups excluding carboxylic acids is 1. The SMILES string of the molecule is CN(CC12CC3CC(CC(C3)C1)C2)C(=O)c1ncn[nH]1. The Kier molecular flexibility index (Phi) is 2.66. The smallest absolute Gasteiger partial charge is 0.290 e. The third-order valence-electron chi connectivity index (χ3n) is 5.70. The topological polar surface area (TPSA) is 61.9 Å². The summed E-state index contributed by atoms with van der Waals surface area (Å²) < 4.78 is 0. The normalized spacial score (nSPS) is 38.1. The molecule has 0 spiro atoms. The molecular weight excluding hydrogens is 252 g/mol. The molecule has 1 N–H and O–H groups in total. The highest BCUT2D eigenvalue weighted by Gasteiger charge is 2.51. The lowest BCUT2D eigenvalue weighted by Crippen LogP contribution is -2.51. The highest BCUT2D eigenvalue weighted by atomic mass is 16.2. The molecule has 1 aromatic rings. The minimum absolute atomic E-state index is 0.0294. The zero-order valence-electron chi connectivity index (χ0n) is 12.0. The van der Waals surface area contributed by atoms with Gasteiger partial charge in [0.25, 0.3) is 5.91 Å². The molecule has 1 heterocycles. The molecular formula is C15H22N4O. The molecule has 108 valence electrons. The predicted octanol–water partition coefficient (Wildman–Crippen LogP) is 2.09. The molecule has 5 nitrogen and oxygen atoms in total. The standard InChI is InChI=1S/C15H22N4O/c1-19(14(20)13-16-9-17-18-13)8-15-5-10-2-11(6-15)4-12(3-10)7-15/h9-12H,2-8H2,1H3,(H,16,17,18). The van der Waals surface area contributed by atoms with Gasteiger partial charge in [0.05, 0.1) is 0 Å². The summed E-state index contributed by atoms with van der Waals surface area (Å²) in [6, 6.07) is 0. The molecule has 4 saturated carbocycles. The van der Waals surface area contributed by atoms with Crippen molar-refractivity contribution in [3.63, 3.8) is 0 Å². The van der Waals surface area contributed by atoms with E-state index in [0.717, 1.165) is 24.3 Å². The summed E-state index contributed by atoms with van der Waals surface area (Å²) in [7, 11) is 1.91. The van der Waals surface area contributed by atoms with E-state index in [1.807, 2.05) is 11.9 Å². The van der Waals surface area contributed by atoms with Gasteiger partial charge >= 0.3 is 0 Å². The molecule has 4 aliphatic carbocycles. The Morgan fingerprint density at radius 2 is 1.90 bits per heavy atom. The maximum absolute atomic E-state index is 12.3. The van der Waals surface area contributed by atoms with Gasteiger partial charge in [-0.05, 0) is 61.7 Å². The predicted molar refractivity (Wildman–Crippen MR) is 73.9 cm³/mol. The van der Waals surface area contributed by atoms with E-state index < -0.39 is 0 Å². The van der Waals surface area contributed by atoms with Gasteiger partial charge in [-0.2, -0.15) is 5.10 Å². The van der Waals surface area contributed by atoms with Crippen LogP contribution in [-0.4, -0.2) is 39.6 Å². The molecule has 4 aliphatic rings. The van der Waals surface area contributed by atoms with Crippen molar-refractivity contribution in [1.82, 2.24) is 20.1 Å². The van der Waals surface area contributed by atoms with Crippen molar-refractivity contribution in [2.45, 2.75) is 38.5 Å². The molecule has 1 aromatic heterocycles. The van der Waals surface area contributed by atoms with Gasteiger partial charge in [-0.3, -0.25) is 9.89 Å². The minimum atomic E-state index is -0.0294. The summed E-state index contributed by atoms with van der Waals surface area (Å²) in [5, 5.41) is 6.44. The van der Waals surface area contributed by atoms with Crippen molar-refractivity contribution in [1.29, 1.82) is 0 Å². The number of aromatic amines is 1. The molecule has 0 aromatic carbocycles. The van der Waals surface area contributed by atoms with Crippen LogP contribution in [0.2, 0.25) is 0 Å². The summed E-state index contributed by atoms with van der Waals surface area (Å²) in [6.45, 7) is 0.885. The van der Waals surface area contributed by atoms with Gasteiger partial charge in [-0.1, -0.05) is 0 Å². The van der Waals surface area contributed by atoms with Crippen LogP contribution in [0.3, 0.4) is 0 Å². The fourth-order valence-corrected chi connectivity index (χ4v) is 5.55. The van der Waals surface area contributed by atoms with Crippen molar-refractivity contribution in [3.05, 3.63) is 12.2 Å². The van der Waals surface area contributed by atoms with Crippen LogP contribution in [0, 0.1) is 23.2 Å². The maximum Gasteiger partial charge on any atom is 0.290 e. The number of hydrogen-bond donors (Lipinski definition) is 1. The first-order valence-corrected chi connectivity index (χ1v) is 7.74. The minimum Gasteiger partial charge on any atom is -0.338 e. The Balaban J connectivity index is 1.50. The second kappa shape index (κ2) is 4.30. The average molecular weight is 274 g/mol. The first kappa shape index (κ1) is 12.4. The van der Waals surface area contributed by atoms with E-state index in [4.69, 9.17) is 0 Å². The third kappa shape index (κ3) is 1.95. The summed E-state index contributed by atoms with van der Waals surface area (Å²) in [5.74, 6) is 3.11. The number of carbonyl (C=O) groups is 1. The molecule has 20 heavy (non-hydrogen) atoms. The molecule has 0 radical (unpaired) electrons. The molecule has 1 amide bonds. The zero-order valence-corrected chi connectivity index (χ0v) is 12.0. The van der Waals surface area contributed by atoms with Crippen LogP contribution in [0.1, 0.15) is 49.1 Å². The Morgan fingerprint density at radius 1 is 1.30 bits per heavy atom. The van der Waals surface area contributed by atoms with Gasteiger partial charge < -0.3 is 4.90 Å². The number of nitrogens with zero attached hydrogens (tertiary/aromatic N) is 3. The van der Waals surface area contributed by atoms with Crippen LogP contribution in [-0.2, 0) is 0 Å². The largest absolute Gasteiger partial charge is 0.338 e. The quantitative estimate of drug-likeness (QED) is 0.918. The van der Waals surface area contributed by atoms with E-state index in [0.29, 0.717) is 11.2 Å². The van der Waals surface area contributed by atoms with Crippen LogP contribution in [0.5, 0.6) is 0 Å². The van der Waals surface area contributed by atoms with Gasteiger partial charge in [-0.25, -0.2) is 4.98 Å². The fraction of sp³-hybridized carbons (Fsp3) is 0.800. The van der Waals surface area contributed by atoms with E-state index in [-0.39, 0.29) is 5.91 Å². The Bertz CT molecular complexity index is 475. The lowest BCUT2D eigenvalue weighted by atomic mass is 9.49. The molecule has 0 atom stereocenters. The van der Waals surface area contributed by atoms with Gasteiger partial charge in [-0.15, -0.1) is 0 Å². The van der Waals surface area contributed by atoms with Crippen LogP contribution < -0.4 is 0 Å². The summed E-state index contributed by atoms with van der Waals surface area (Å²) in [5.41, 5.74) is 0.388. The van der Waals surface area contributed by atoms with Gasteiger partial charge in [0.1, 0.15) is 6.33 Å². The third-order valence-corrected chi connectivity index (χ3v) is 5.70. The number of amides is 1. The van der Waals surface area contributed by atoms with E-state index in [1.54, 1.807) is 0 Å². The van der Waals surface area contributed by atoms with Crippen molar-refractivity contribution in [2.75, 3.05) is 13.6 Å². The first-order valence-electron chi connectivity index (χ1n) is 7.74. The van der Waals surface area contributed by atoms with E-state index in [9.17, 15) is 4.79 Å². The Morgan fingerprint density at radius 3 is 2.40 bits per heavy atom. The Labute approximate surface area is 119 Å². The van der Waals surface area contributed by atoms with Crippen LogP contribution in [0.15, 0.2) is 6.33 Å². The Hall–Kier alpha value is -1.39. The van der Waals surface area contributed by atoms with Crippen molar-refractivity contribution >= 4 is 5.91 Å². The molecule has 5 rings (SSSR count). The zero-order chi connectivity index (χ0) is 13.7. The van der Waals surface area contributed by atoms with Crippen molar-refractivity contribution < 1.29 is 4.79 Å². The fourth-order valence-electron chi connectivity index (χ4n) is 5.55. The van der Waals surface area contributed by atoms with Crippen LogP contribution in [0.4, 0.5) is 0 Å². The van der Waals surface area contributed by atoms with Crippen LogP contribution >= 0.6 is 0 Å². The molecule has 0 unspecified atom stereocenters. The molecule has 5 heteroatoms. The number of H-pyrrole nitrogens is 1. The van der Waals surface area contributed by atoms with Crippen LogP contribution in [0.25, 0.3) is 0 Å². The second-order valence-electron chi connectivity index (χ2n) is 7.41. The average Bonchev–Trinajstić information content (AvgIpc) is 2.89. The number of aromatic nitrogens is 3. The molecule has 0 aliphatic heterocycles. The second-order valence-corrected chi connectivity index (χ2v) is 7.41. The van der Waals surface area contributed by atoms with Gasteiger partial charge in [0.15, 0.2) is 0 Å². The number of nitrogens with one attached hydrogen (secondary N) is 1. The summed E-state index contributed by atoms with van der Waals surface area (Å²) in [6.07, 6.45) is 9.70. The number of hydrogen-bond acceptors (Lipinski definition) is 3. The van der Waals surface area contributed by atoms with E-state index in [2.05, 4.69) is 15.2 Å². The lowest BCUT2D eigenvalue weighted by molar-refractivity contribution is -0.0630. The van der Waals surface area contributed by atoms with Gasteiger partial charge in [0.2, 0.25) is 5.82 Å². The maximum atomic E-state index is 12.3. The monoisotopic (exact) mass is 274 g/mol. The van der Waals surface area contributed by atoms with Crippen molar-refractivity contribution in [3.8, 4) is 0 Å². The lowest BCUT2D eigenvalue weighted by Gasteiger charge is -2.57. The van der Waals surface area contributed by atoms with Gasteiger partial charge in [0, 0.05) is 13.6 Å². The molecule has 4 fully saturated rings. The first-order chi connectivity index (χ1) is 9.63. The van der Waals surface area contributed by atoms with E-state index in [1.165, 1.54) is 44.9 Å². The molecule has 4 bridgehead atoms.